The number of nitro benzene ring substituents is 1. The third kappa shape index (κ3) is 3.54. The summed E-state index contributed by atoms with van der Waals surface area (Å²) < 4.78 is 1.99. The van der Waals surface area contributed by atoms with Gasteiger partial charge >= 0.3 is 0 Å². The summed E-state index contributed by atoms with van der Waals surface area (Å²) in [6, 6.07) is 23.6. The molecule has 0 aliphatic heterocycles. The van der Waals surface area contributed by atoms with Crippen LogP contribution in [0.4, 0.5) is 5.69 Å². The normalized spacial score (nSPS) is 10.9. The van der Waals surface area contributed by atoms with E-state index in [0.29, 0.717) is 11.3 Å². The van der Waals surface area contributed by atoms with Crippen LogP contribution in [0, 0.1) is 10.1 Å². The molecule has 0 amide bonds. The number of nitrogens with zero attached hydrogens (tertiary/aromatic N) is 2. The molecule has 4 aromatic rings. The average Bonchev–Trinajstić information content (AvgIpc) is 3.11. The van der Waals surface area contributed by atoms with E-state index in [9.17, 15) is 14.9 Å². The number of carbonyl (C=O) groups excluding carboxylic acids is 1. The van der Waals surface area contributed by atoms with E-state index >= 15 is 0 Å². The quantitative estimate of drug-likeness (QED) is 0.189. The van der Waals surface area contributed by atoms with Crippen molar-refractivity contribution in [2.75, 3.05) is 5.75 Å². The molecule has 0 radical (unpaired) electrons. The maximum absolute atomic E-state index is 12.4. The molecule has 3 aromatic carbocycles. The Balaban J connectivity index is 1.65. The Morgan fingerprint density at radius 3 is 2.32 bits per heavy atom. The van der Waals surface area contributed by atoms with E-state index in [1.54, 1.807) is 12.1 Å². The number of ketones is 1. The molecule has 28 heavy (non-hydrogen) atoms. The lowest BCUT2D eigenvalue weighted by atomic mass is 10.2. The number of aromatic nitrogens is 1. The number of carbonyl (C=O) groups is 1. The van der Waals surface area contributed by atoms with Crippen LogP contribution >= 0.6 is 11.8 Å². The van der Waals surface area contributed by atoms with Crippen molar-refractivity contribution in [3.63, 3.8) is 0 Å². The van der Waals surface area contributed by atoms with E-state index in [0.717, 1.165) is 21.5 Å². The van der Waals surface area contributed by atoms with Crippen molar-refractivity contribution < 1.29 is 9.72 Å². The monoisotopic (exact) mass is 388 g/mol. The molecule has 0 spiro atoms. The maximum atomic E-state index is 12.4. The standard InChI is InChI=1S/C22H16N2O3S/c25-21(16-6-2-1-3-7-16)15-28-22-14-23(20-9-5-4-8-19(20)22)17-10-12-18(13-11-17)24(26)27/h1-14H,15H2. The number of benzene rings is 3. The van der Waals surface area contributed by atoms with E-state index in [4.69, 9.17) is 0 Å². The van der Waals surface area contributed by atoms with E-state index in [-0.39, 0.29) is 11.5 Å². The zero-order valence-electron chi connectivity index (χ0n) is 14.8. The van der Waals surface area contributed by atoms with Gasteiger partial charge in [-0.2, -0.15) is 0 Å². The fourth-order valence-corrected chi connectivity index (χ4v) is 4.02. The molecule has 0 saturated heterocycles. The van der Waals surface area contributed by atoms with Crippen LogP contribution in [0.3, 0.4) is 0 Å². The van der Waals surface area contributed by atoms with Gasteiger partial charge in [-0.25, -0.2) is 0 Å². The minimum absolute atomic E-state index is 0.0586. The summed E-state index contributed by atoms with van der Waals surface area (Å²) in [6.07, 6.45) is 1.98. The van der Waals surface area contributed by atoms with Gasteiger partial charge in [0.05, 0.1) is 16.2 Å². The van der Waals surface area contributed by atoms with Gasteiger partial charge in [-0.1, -0.05) is 48.5 Å². The Hall–Kier alpha value is -3.38. The number of rotatable bonds is 6. The number of Topliss-reactive ketones (excluding diaryl/α,β-unsaturated/α-hetero) is 1. The molecule has 0 N–H and O–H groups in total. The second-order valence-corrected chi connectivity index (χ2v) is 7.25. The smallest absolute Gasteiger partial charge is 0.269 e. The Labute approximate surface area is 165 Å². The fourth-order valence-electron chi connectivity index (χ4n) is 3.06. The van der Waals surface area contributed by atoms with Crippen LogP contribution in [-0.2, 0) is 0 Å². The molecular weight excluding hydrogens is 372 g/mol. The van der Waals surface area contributed by atoms with Gasteiger partial charge in [0.25, 0.3) is 5.69 Å². The third-order valence-corrected chi connectivity index (χ3v) is 5.51. The van der Waals surface area contributed by atoms with Crippen molar-refractivity contribution in [3.8, 4) is 5.69 Å². The Morgan fingerprint density at radius 1 is 0.929 bits per heavy atom. The van der Waals surface area contributed by atoms with Gasteiger partial charge in [0, 0.05) is 39.9 Å². The number of non-ortho nitro benzene ring substituents is 1. The van der Waals surface area contributed by atoms with Crippen LogP contribution in [0.1, 0.15) is 10.4 Å². The van der Waals surface area contributed by atoms with Crippen molar-refractivity contribution in [2.45, 2.75) is 4.90 Å². The van der Waals surface area contributed by atoms with Crippen LogP contribution in [0.5, 0.6) is 0 Å². The molecule has 0 unspecified atom stereocenters. The Bertz CT molecular complexity index is 1150. The number of nitro groups is 1. The van der Waals surface area contributed by atoms with Crippen molar-refractivity contribution in [3.05, 3.63) is 101 Å². The van der Waals surface area contributed by atoms with Crippen molar-refractivity contribution in [1.29, 1.82) is 0 Å². The minimum Gasteiger partial charge on any atom is -0.315 e. The van der Waals surface area contributed by atoms with Gasteiger partial charge < -0.3 is 4.57 Å². The second-order valence-electron chi connectivity index (χ2n) is 6.23. The lowest BCUT2D eigenvalue weighted by molar-refractivity contribution is -0.384. The topological polar surface area (TPSA) is 65.1 Å². The number of para-hydroxylation sites is 1. The van der Waals surface area contributed by atoms with Gasteiger partial charge in [-0.3, -0.25) is 14.9 Å². The molecule has 0 aliphatic rings. The lowest BCUT2D eigenvalue weighted by Gasteiger charge is -2.04. The molecule has 0 aliphatic carbocycles. The zero-order chi connectivity index (χ0) is 19.5. The largest absolute Gasteiger partial charge is 0.315 e. The molecule has 0 fully saturated rings. The highest BCUT2D eigenvalue weighted by molar-refractivity contribution is 8.00. The molecule has 6 heteroatoms. The predicted molar refractivity (Wildman–Crippen MR) is 111 cm³/mol. The molecule has 1 heterocycles. The summed E-state index contributed by atoms with van der Waals surface area (Å²) in [5.74, 6) is 0.427. The van der Waals surface area contributed by atoms with Crippen LogP contribution < -0.4 is 0 Å². The van der Waals surface area contributed by atoms with Crippen molar-refractivity contribution in [2.24, 2.45) is 0 Å². The summed E-state index contributed by atoms with van der Waals surface area (Å²) in [5.41, 5.74) is 2.59. The lowest BCUT2D eigenvalue weighted by Crippen LogP contribution is -2.01. The van der Waals surface area contributed by atoms with E-state index < -0.39 is 4.92 Å². The highest BCUT2D eigenvalue weighted by Crippen LogP contribution is 2.32. The molecule has 138 valence electrons. The van der Waals surface area contributed by atoms with Gasteiger partial charge in [-0.05, 0) is 18.2 Å². The molecule has 1 aromatic heterocycles. The summed E-state index contributed by atoms with van der Waals surface area (Å²) >= 11 is 1.50. The van der Waals surface area contributed by atoms with Gasteiger partial charge in [0.2, 0.25) is 0 Å². The van der Waals surface area contributed by atoms with E-state index in [2.05, 4.69) is 0 Å². The fraction of sp³-hybridized carbons (Fsp3) is 0.0455. The Morgan fingerprint density at radius 2 is 1.61 bits per heavy atom. The molecule has 5 nitrogen and oxygen atoms in total. The first kappa shape index (κ1) is 18.0. The molecule has 0 atom stereocenters. The number of thioether (sulfide) groups is 1. The van der Waals surface area contributed by atoms with Crippen LogP contribution in [0.2, 0.25) is 0 Å². The Kier molecular flexibility index (Phi) is 4.95. The van der Waals surface area contributed by atoms with E-state index in [1.807, 2.05) is 65.4 Å². The summed E-state index contributed by atoms with van der Waals surface area (Å²) in [7, 11) is 0. The number of hydrogen-bond acceptors (Lipinski definition) is 4. The van der Waals surface area contributed by atoms with Crippen LogP contribution in [0.25, 0.3) is 16.6 Å². The highest BCUT2D eigenvalue weighted by Gasteiger charge is 2.13. The average molecular weight is 388 g/mol. The molecule has 4 rings (SSSR count). The van der Waals surface area contributed by atoms with Crippen molar-refractivity contribution in [1.82, 2.24) is 4.57 Å². The van der Waals surface area contributed by atoms with E-state index in [1.165, 1.54) is 23.9 Å². The highest BCUT2D eigenvalue weighted by atomic mass is 32.2. The van der Waals surface area contributed by atoms with Crippen LogP contribution in [-0.4, -0.2) is 21.0 Å². The first-order valence-electron chi connectivity index (χ1n) is 8.69. The minimum atomic E-state index is -0.409. The van der Waals surface area contributed by atoms with Gasteiger partial charge in [0.15, 0.2) is 5.78 Å². The number of hydrogen-bond donors (Lipinski definition) is 0. The molecular formula is C22H16N2O3S. The van der Waals surface area contributed by atoms with Gasteiger partial charge in [0.1, 0.15) is 0 Å². The molecule has 0 bridgehead atoms. The first-order valence-corrected chi connectivity index (χ1v) is 9.68. The molecule has 0 saturated carbocycles. The maximum Gasteiger partial charge on any atom is 0.269 e. The zero-order valence-corrected chi connectivity index (χ0v) is 15.6. The first-order chi connectivity index (χ1) is 13.6. The van der Waals surface area contributed by atoms with Crippen LogP contribution in [0.15, 0.2) is 90.0 Å². The predicted octanol–water partition coefficient (Wildman–Crippen LogP) is 5.51. The summed E-state index contributed by atoms with van der Waals surface area (Å²) in [6.45, 7) is 0. The number of fused-ring (bicyclic) bond motifs is 1. The van der Waals surface area contributed by atoms with Gasteiger partial charge in [-0.15, -0.1) is 11.8 Å². The summed E-state index contributed by atoms with van der Waals surface area (Å²) in [5, 5.41) is 11.9. The van der Waals surface area contributed by atoms with Crippen molar-refractivity contribution >= 4 is 34.1 Å². The third-order valence-electron chi connectivity index (χ3n) is 4.47. The second kappa shape index (κ2) is 7.70. The SMILES string of the molecule is O=C(CSc1cn(-c2ccc([N+](=O)[O-])cc2)c2ccccc12)c1ccccc1. The summed E-state index contributed by atoms with van der Waals surface area (Å²) in [4.78, 5) is 23.9.